The SMILES string of the molecule is CCCCC/C=C\C/C=C\CCCCCCCC(=O)OC(COC(=O)CCCCCCCCCCC/C=C\CCCCCCCCCC)COP(=O)(O)OCC[N+](C)(C)C. The number of phosphoric acid groups is 1. The highest BCUT2D eigenvalue weighted by Gasteiger charge is 2.27. The third-order valence-electron chi connectivity index (χ3n) is 10.6. The number of allylic oxidation sites excluding steroid dienone is 6. The van der Waals surface area contributed by atoms with E-state index < -0.39 is 26.5 Å². The van der Waals surface area contributed by atoms with Crippen LogP contribution in [0.15, 0.2) is 36.5 Å². The molecule has 0 fully saturated rings. The average Bonchev–Trinajstić information content (AvgIpc) is 3.20. The summed E-state index contributed by atoms with van der Waals surface area (Å²) in [5, 5.41) is 0. The smallest absolute Gasteiger partial charge is 0.462 e. The van der Waals surface area contributed by atoms with Crippen molar-refractivity contribution >= 4 is 19.8 Å². The van der Waals surface area contributed by atoms with Gasteiger partial charge in [-0.1, -0.05) is 172 Å². The minimum absolute atomic E-state index is 0.0286. The number of phosphoric ester groups is 1. The van der Waals surface area contributed by atoms with Gasteiger partial charge in [0.05, 0.1) is 27.7 Å². The van der Waals surface area contributed by atoms with E-state index in [-0.39, 0.29) is 32.0 Å². The fourth-order valence-electron chi connectivity index (χ4n) is 6.75. The summed E-state index contributed by atoms with van der Waals surface area (Å²) in [4.78, 5) is 35.5. The average molecular weight is 869 g/mol. The molecule has 0 aliphatic carbocycles. The van der Waals surface area contributed by atoms with Crippen LogP contribution < -0.4 is 0 Å². The third-order valence-corrected chi connectivity index (χ3v) is 11.6. The summed E-state index contributed by atoms with van der Waals surface area (Å²) < 4.78 is 34.4. The lowest BCUT2D eigenvalue weighted by Gasteiger charge is -2.24. The van der Waals surface area contributed by atoms with Gasteiger partial charge in [0.25, 0.3) is 0 Å². The molecule has 2 unspecified atom stereocenters. The van der Waals surface area contributed by atoms with Crippen LogP contribution in [0.5, 0.6) is 0 Å². The maximum absolute atomic E-state index is 12.7. The topological polar surface area (TPSA) is 108 Å². The van der Waals surface area contributed by atoms with E-state index in [2.05, 4.69) is 50.3 Å². The van der Waals surface area contributed by atoms with Gasteiger partial charge in [-0.3, -0.25) is 18.6 Å². The molecule has 2 atom stereocenters. The molecule has 9 nitrogen and oxygen atoms in total. The van der Waals surface area contributed by atoms with Crippen molar-refractivity contribution in [2.45, 2.75) is 225 Å². The first-order valence-electron chi connectivity index (χ1n) is 24.7. The van der Waals surface area contributed by atoms with Gasteiger partial charge in [0.1, 0.15) is 19.8 Å². The number of ether oxygens (including phenoxy) is 2. The minimum atomic E-state index is -4.38. The van der Waals surface area contributed by atoms with Crippen LogP contribution in [0.3, 0.4) is 0 Å². The summed E-state index contributed by atoms with van der Waals surface area (Å²) in [5.74, 6) is -0.812. The molecule has 0 amide bonds. The van der Waals surface area contributed by atoms with Gasteiger partial charge >= 0.3 is 19.8 Å². The van der Waals surface area contributed by atoms with Gasteiger partial charge in [-0.05, 0) is 70.6 Å². The van der Waals surface area contributed by atoms with E-state index >= 15 is 0 Å². The highest BCUT2D eigenvalue weighted by molar-refractivity contribution is 7.47. The first kappa shape index (κ1) is 58.2. The summed E-state index contributed by atoms with van der Waals surface area (Å²) >= 11 is 0. The molecule has 0 spiro atoms. The van der Waals surface area contributed by atoms with Gasteiger partial charge in [-0.25, -0.2) is 4.57 Å². The predicted octanol–water partition coefficient (Wildman–Crippen LogP) is 14.5. The molecular weight excluding hydrogens is 774 g/mol. The van der Waals surface area contributed by atoms with Crippen LogP contribution >= 0.6 is 7.82 Å². The van der Waals surface area contributed by atoms with Gasteiger partial charge < -0.3 is 18.9 Å². The molecule has 0 rings (SSSR count). The number of carbonyl (C=O) groups excluding carboxylic acids is 2. The normalized spacial score (nSPS) is 13.8. The Morgan fingerprint density at radius 1 is 0.517 bits per heavy atom. The molecule has 0 saturated carbocycles. The first-order valence-corrected chi connectivity index (χ1v) is 26.2. The Morgan fingerprint density at radius 3 is 1.37 bits per heavy atom. The number of quaternary nitrogens is 1. The molecule has 60 heavy (non-hydrogen) atoms. The number of esters is 2. The van der Waals surface area contributed by atoms with Crippen molar-refractivity contribution in [3.05, 3.63) is 36.5 Å². The fraction of sp³-hybridized carbons (Fsp3) is 0.840. The standard InChI is InChI=1S/C50H94NO8P/c1-6-8-10-12-14-16-18-20-22-23-24-25-26-27-29-30-32-34-36-38-40-42-49(52)56-46-48(47-58-60(54,55)57-45-44-51(3,4)5)59-50(53)43-41-39-37-35-33-31-28-21-19-17-15-13-11-9-7-2/h15,17,21,23-24,28,48H,6-14,16,18-20,22,25-27,29-47H2,1-5H3/p+1/b17-15-,24-23-,28-21-. The van der Waals surface area contributed by atoms with E-state index in [1.165, 1.54) is 128 Å². The Bertz CT molecular complexity index is 1120. The molecule has 0 aromatic carbocycles. The lowest BCUT2D eigenvalue weighted by Crippen LogP contribution is -2.37. The second-order valence-corrected chi connectivity index (χ2v) is 19.3. The number of likely N-dealkylation sites (N-methyl/N-ethyl adjacent to an activating group) is 1. The van der Waals surface area contributed by atoms with Crippen LogP contribution in [0.2, 0.25) is 0 Å². The molecule has 0 bridgehead atoms. The largest absolute Gasteiger partial charge is 0.472 e. The Morgan fingerprint density at radius 2 is 0.900 bits per heavy atom. The van der Waals surface area contributed by atoms with E-state index in [0.29, 0.717) is 17.4 Å². The van der Waals surface area contributed by atoms with Gasteiger partial charge in [0.2, 0.25) is 0 Å². The van der Waals surface area contributed by atoms with Crippen LogP contribution in [0, 0.1) is 0 Å². The zero-order valence-electron chi connectivity index (χ0n) is 39.7. The van der Waals surface area contributed by atoms with Crippen LogP contribution in [-0.2, 0) is 32.7 Å². The molecule has 352 valence electrons. The predicted molar refractivity (Wildman–Crippen MR) is 252 cm³/mol. The van der Waals surface area contributed by atoms with Crippen molar-refractivity contribution in [2.24, 2.45) is 0 Å². The van der Waals surface area contributed by atoms with Crippen LogP contribution in [0.25, 0.3) is 0 Å². The maximum atomic E-state index is 12.7. The van der Waals surface area contributed by atoms with E-state index in [4.69, 9.17) is 18.5 Å². The van der Waals surface area contributed by atoms with Crippen molar-refractivity contribution in [3.63, 3.8) is 0 Å². The number of hydrogen-bond acceptors (Lipinski definition) is 7. The molecule has 0 aliphatic heterocycles. The monoisotopic (exact) mass is 869 g/mol. The summed E-state index contributed by atoms with van der Waals surface area (Å²) in [5.41, 5.74) is 0. The summed E-state index contributed by atoms with van der Waals surface area (Å²) in [7, 11) is 1.47. The van der Waals surface area contributed by atoms with Crippen molar-refractivity contribution in [1.82, 2.24) is 0 Å². The lowest BCUT2D eigenvalue weighted by molar-refractivity contribution is -0.870. The Hall–Kier alpha value is -1.77. The summed E-state index contributed by atoms with van der Waals surface area (Å²) in [6.45, 7) is 4.40. The number of unbranched alkanes of at least 4 members (excludes halogenated alkanes) is 25. The molecule has 0 aromatic heterocycles. The first-order chi connectivity index (χ1) is 29.0. The number of hydrogen-bond donors (Lipinski definition) is 1. The highest BCUT2D eigenvalue weighted by atomic mass is 31.2. The highest BCUT2D eigenvalue weighted by Crippen LogP contribution is 2.43. The summed E-state index contributed by atoms with van der Waals surface area (Å²) in [6, 6.07) is 0. The van der Waals surface area contributed by atoms with Gasteiger partial charge in [-0.2, -0.15) is 0 Å². The zero-order chi connectivity index (χ0) is 44.3. The van der Waals surface area contributed by atoms with Crippen molar-refractivity contribution < 1.29 is 42.1 Å². The lowest BCUT2D eigenvalue weighted by atomic mass is 10.1. The molecule has 0 aromatic rings. The molecule has 0 radical (unpaired) electrons. The zero-order valence-corrected chi connectivity index (χ0v) is 40.6. The van der Waals surface area contributed by atoms with Crippen molar-refractivity contribution in [3.8, 4) is 0 Å². The molecule has 0 aliphatic rings. The quantitative estimate of drug-likeness (QED) is 0.0212. The number of nitrogens with zero attached hydrogens (tertiary/aromatic N) is 1. The molecule has 10 heteroatoms. The van der Waals surface area contributed by atoms with Crippen LogP contribution in [-0.4, -0.2) is 74.9 Å². The maximum Gasteiger partial charge on any atom is 0.472 e. The molecular formula is C50H95NO8P+. The number of carbonyl (C=O) groups is 2. The van der Waals surface area contributed by atoms with E-state index in [9.17, 15) is 19.0 Å². The fourth-order valence-corrected chi connectivity index (χ4v) is 7.49. The van der Waals surface area contributed by atoms with Crippen LogP contribution in [0.4, 0.5) is 0 Å². The minimum Gasteiger partial charge on any atom is -0.462 e. The number of rotatable bonds is 45. The van der Waals surface area contributed by atoms with Crippen molar-refractivity contribution in [2.75, 3.05) is 47.5 Å². The Kier molecular flexibility index (Phi) is 41.3. The third kappa shape index (κ3) is 45.7. The molecule has 0 saturated heterocycles. The van der Waals surface area contributed by atoms with Crippen molar-refractivity contribution in [1.29, 1.82) is 0 Å². The van der Waals surface area contributed by atoms with E-state index in [1.54, 1.807) is 0 Å². The van der Waals surface area contributed by atoms with Gasteiger partial charge in [-0.15, -0.1) is 0 Å². The second-order valence-electron chi connectivity index (χ2n) is 17.8. The second kappa shape index (κ2) is 42.5. The van der Waals surface area contributed by atoms with Gasteiger partial charge in [0, 0.05) is 12.8 Å². The van der Waals surface area contributed by atoms with Crippen LogP contribution in [0.1, 0.15) is 219 Å². The Labute approximate surface area is 370 Å². The van der Waals surface area contributed by atoms with E-state index in [0.717, 1.165) is 57.8 Å². The summed E-state index contributed by atoms with van der Waals surface area (Å²) in [6.07, 6.45) is 49.1. The van der Waals surface area contributed by atoms with E-state index in [1.807, 2.05) is 21.1 Å². The van der Waals surface area contributed by atoms with Gasteiger partial charge in [0.15, 0.2) is 6.10 Å². The Balaban J connectivity index is 4.26. The molecule has 1 N–H and O–H groups in total. The molecule has 0 heterocycles.